The number of nitrogens with zero attached hydrogens (tertiary/aromatic N) is 3. The highest BCUT2D eigenvalue weighted by atomic mass is 16.5. The van der Waals surface area contributed by atoms with E-state index in [-0.39, 0.29) is 6.02 Å². The van der Waals surface area contributed by atoms with Gasteiger partial charge in [0.25, 0.3) is 0 Å². The van der Waals surface area contributed by atoms with E-state index >= 15 is 0 Å². The molecule has 0 saturated heterocycles. The number of hydrogen-bond acceptors (Lipinski definition) is 4. The summed E-state index contributed by atoms with van der Waals surface area (Å²) in [5.74, 6) is 0. The van der Waals surface area contributed by atoms with Gasteiger partial charge < -0.3 is 4.74 Å². The summed E-state index contributed by atoms with van der Waals surface area (Å²) in [6.07, 6.45) is 0. The van der Waals surface area contributed by atoms with Crippen LogP contribution in [0, 0.1) is 5.41 Å². The number of hydrogen-bond donors (Lipinski definition) is 1. The highest BCUT2D eigenvalue weighted by Gasteiger charge is 2.07. The summed E-state index contributed by atoms with van der Waals surface area (Å²) in [5.41, 5.74) is 1.54. The van der Waals surface area contributed by atoms with E-state index in [0.29, 0.717) is 6.61 Å². The molecule has 0 spiro atoms. The van der Waals surface area contributed by atoms with Crippen LogP contribution in [0.5, 0.6) is 0 Å². The van der Waals surface area contributed by atoms with Crippen molar-refractivity contribution in [1.82, 2.24) is 15.0 Å². The largest absolute Gasteiger partial charge is 0.464 e. The Labute approximate surface area is 80.8 Å². The van der Waals surface area contributed by atoms with Gasteiger partial charge in [-0.3, -0.25) is 0 Å². The molecule has 2 aromatic rings. The molecule has 5 heteroatoms. The average molecular weight is 190 g/mol. The molecule has 72 valence electrons. The molecule has 2 rings (SSSR count). The van der Waals surface area contributed by atoms with Gasteiger partial charge in [0.15, 0.2) is 0 Å². The number of ether oxygens (including phenoxy) is 1. The van der Waals surface area contributed by atoms with Gasteiger partial charge in [0, 0.05) is 0 Å². The molecule has 0 amide bonds. The molecule has 0 bridgehead atoms. The molecule has 14 heavy (non-hydrogen) atoms. The molecule has 0 aliphatic rings. The summed E-state index contributed by atoms with van der Waals surface area (Å²) in [6.45, 7) is 2.28. The second kappa shape index (κ2) is 3.45. The summed E-state index contributed by atoms with van der Waals surface area (Å²) in [4.78, 5) is 0. The maximum absolute atomic E-state index is 7.57. The molecule has 5 nitrogen and oxygen atoms in total. The topological polar surface area (TPSA) is 63.8 Å². The second-order valence-corrected chi connectivity index (χ2v) is 2.73. The summed E-state index contributed by atoms with van der Waals surface area (Å²) in [7, 11) is 0. The summed E-state index contributed by atoms with van der Waals surface area (Å²) in [6, 6.07) is 7.45. The zero-order valence-corrected chi connectivity index (χ0v) is 7.77. The van der Waals surface area contributed by atoms with E-state index in [1.165, 1.54) is 4.68 Å². The zero-order chi connectivity index (χ0) is 9.97. The van der Waals surface area contributed by atoms with Crippen LogP contribution in [0.3, 0.4) is 0 Å². The molecule has 0 fully saturated rings. The lowest BCUT2D eigenvalue weighted by molar-refractivity contribution is 0.305. The fourth-order valence-corrected chi connectivity index (χ4v) is 1.22. The van der Waals surface area contributed by atoms with Gasteiger partial charge in [-0.15, -0.1) is 5.10 Å². The van der Waals surface area contributed by atoms with Crippen molar-refractivity contribution < 1.29 is 4.74 Å². The van der Waals surface area contributed by atoms with Crippen LogP contribution >= 0.6 is 0 Å². The molecular weight excluding hydrogens is 180 g/mol. The number of aromatic nitrogens is 3. The van der Waals surface area contributed by atoms with E-state index in [1.807, 2.05) is 31.2 Å². The number of nitrogens with one attached hydrogen (secondary N) is 1. The molecule has 0 aliphatic carbocycles. The Morgan fingerprint density at radius 3 is 3.07 bits per heavy atom. The van der Waals surface area contributed by atoms with Crippen molar-refractivity contribution in [2.75, 3.05) is 6.61 Å². The van der Waals surface area contributed by atoms with Gasteiger partial charge in [0.05, 0.1) is 12.1 Å². The zero-order valence-electron chi connectivity index (χ0n) is 7.77. The number of rotatable bonds is 1. The fraction of sp³-hybridized carbons (Fsp3) is 0.222. The minimum absolute atomic E-state index is 0.00111. The van der Waals surface area contributed by atoms with Crippen molar-refractivity contribution in [1.29, 1.82) is 5.41 Å². The standard InChI is InChI=1S/C9H10N4O/c1-2-14-9(10)13-8-6-4-3-5-7(8)11-12-13/h3-6,10H,2H2,1H3. The Morgan fingerprint density at radius 1 is 1.50 bits per heavy atom. The fourth-order valence-electron chi connectivity index (χ4n) is 1.22. The Balaban J connectivity index is 2.47. The first-order valence-electron chi connectivity index (χ1n) is 4.35. The monoisotopic (exact) mass is 190 g/mol. The summed E-state index contributed by atoms with van der Waals surface area (Å²) >= 11 is 0. The molecule has 1 heterocycles. The highest BCUT2D eigenvalue weighted by molar-refractivity contribution is 5.85. The van der Waals surface area contributed by atoms with E-state index in [0.717, 1.165) is 11.0 Å². The molecule has 1 aromatic carbocycles. The minimum atomic E-state index is 0.00111. The van der Waals surface area contributed by atoms with Gasteiger partial charge in [0.1, 0.15) is 5.52 Å². The average Bonchev–Trinajstić information content (AvgIpc) is 2.61. The third kappa shape index (κ3) is 1.32. The third-order valence-corrected chi connectivity index (χ3v) is 1.83. The quantitative estimate of drug-likeness (QED) is 0.543. The van der Waals surface area contributed by atoms with E-state index < -0.39 is 0 Å². The number of benzene rings is 1. The van der Waals surface area contributed by atoms with Gasteiger partial charge in [-0.1, -0.05) is 17.3 Å². The van der Waals surface area contributed by atoms with E-state index in [1.54, 1.807) is 0 Å². The lowest BCUT2D eigenvalue weighted by Crippen LogP contribution is -2.15. The first-order valence-corrected chi connectivity index (χ1v) is 4.35. The molecule has 0 saturated carbocycles. The van der Waals surface area contributed by atoms with E-state index in [9.17, 15) is 0 Å². The molecule has 0 unspecified atom stereocenters. The lowest BCUT2D eigenvalue weighted by Gasteiger charge is -2.03. The Morgan fingerprint density at radius 2 is 2.29 bits per heavy atom. The SMILES string of the molecule is CCOC(=N)n1nnc2ccccc21. The van der Waals surface area contributed by atoms with Crippen LogP contribution in [-0.2, 0) is 4.74 Å². The molecule has 1 N–H and O–H groups in total. The van der Waals surface area contributed by atoms with Crippen molar-refractivity contribution in [2.24, 2.45) is 0 Å². The van der Waals surface area contributed by atoms with Gasteiger partial charge in [-0.2, -0.15) is 4.68 Å². The lowest BCUT2D eigenvalue weighted by atomic mass is 10.3. The first-order chi connectivity index (χ1) is 6.83. The highest BCUT2D eigenvalue weighted by Crippen LogP contribution is 2.09. The minimum Gasteiger partial charge on any atom is -0.464 e. The number of para-hydroxylation sites is 1. The van der Waals surface area contributed by atoms with E-state index in [4.69, 9.17) is 10.1 Å². The van der Waals surface area contributed by atoms with Crippen molar-refractivity contribution in [3.8, 4) is 0 Å². The van der Waals surface area contributed by atoms with Crippen molar-refractivity contribution >= 4 is 17.1 Å². The molecule has 0 aliphatic heterocycles. The van der Waals surface area contributed by atoms with Gasteiger partial charge in [-0.25, -0.2) is 5.41 Å². The van der Waals surface area contributed by atoms with Crippen LogP contribution in [0.25, 0.3) is 11.0 Å². The van der Waals surface area contributed by atoms with Crippen molar-refractivity contribution in [2.45, 2.75) is 6.92 Å². The first kappa shape index (κ1) is 8.68. The Hall–Kier alpha value is -1.91. The van der Waals surface area contributed by atoms with Gasteiger partial charge in [-0.05, 0) is 19.1 Å². The van der Waals surface area contributed by atoms with Crippen LogP contribution in [0.2, 0.25) is 0 Å². The van der Waals surface area contributed by atoms with Gasteiger partial charge >= 0.3 is 6.02 Å². The van der Waals surface area contributed by atoms with Crippen LogP contribution in [0.4, 0.5) is 0 Å². The summed E-state index contributed by atoms with van der Waals surface area (Å²) < 4.78 is 6.41. The van der Waals surface area contributed by atoms with Crippen molar-refractivity contribution in [3.05, 3.63) is 24.3 Å². The predicted octanol–water partition coefficient (Wildman–Crippen LogP) is 1.25. The molecule has 0 radical (unpaired) electrons. The number of fused-ring (bicyclic) bond motifs is 1. The van der Waals surface area contributed by atoms with Crippen LogP contribution in [0.1, 0.15) is 6.92 Å². The van der Waals surface area contributed by atoms with Gasteiger partial charge in [0.2, 0.25) is 0 Å². The predicted molar refractivity (Wildman–Crippen MR) is 52.3 cm³/mol. The molecule has 1 aromatic heterocycles. The molecular formula is C9H10N4O. The molecule has 0 atom stereocenters. The van der Waals surface area contributed by atoms with Crippen LogP contribution in [-0.4, -0.2) is 27.6 Å². The van der Waals surface area contributed by atoms with Crippen LogP contribution < -0.4 is 0 Å². The maximum Gasteiger partial charge on any atom is 0.311 e. The Kier molecular flexibility index (Phi) is 2.14. The second-order valence-electron chi connectivity index (χ2n) is 2.73. The van der Waals surface area contributed by atoms with Crippen LogP contribution in [0.15, 0.2) is 24.3 Å². The smallest absolute Gasteiger partial charge is 0.311 e. The third-order valence-electron chi connectivity index (χ3n) is 1.83. The summed E-state index contributed by atoms with van der Waals surface area (Å²) in [5, 5.41) is 15.3. The maximum atomic E-state index is 7.57. The normalized spacial score (nSPS) is 10.4. The Bertz CT molecular complexity index is 463. The van der Waals surface area contributed by atoms with Crippen molar-refractivity contribution in [3.63, 3.8) is 0 Å². The van der Waals surface area contributed by atoms with E-state index in [2.05, 4.69) is 10.3 Å².